The molecule has 2 unspecified atom stereocenters. The molecule has 0 spiro atoms. The average Bonchev–Trinajstić information content (AvgIpc) is 3.12. The molecule has 0 aromatic carbocycles. The highest BCUT2D eigenvalue weighted by Crippen LogP contribution is 2.45. The van der Waals surface area contributed by atoms with Gasteiger partial charge in [-0.2, -0.15) is 0 Å². The van der Waals surface area contributed by atoms with Crippen LogP contribution >= 0.6 is 34.8 Å². The summed E-state index contributed by atoms with van der Waals surface area (Å²) < 4.78 is 1.32. The molecule has 1 saturated heterocycles. The summed E-state index contributed by atoms with van der Waals surface area (Å²) in [6.07, 6.45) is 8.28. The Hall–Kier alpha value is -1.15. The van der Waals surface area contributed by atoms with Crippen molar-refractivity contribution in [2.45, 2.75) is 64.1 Å². The maximum atomic E-state index is 5.84. The van der Waals surface area contributed by atoms with Crippen LogP contribution < -0.4 is 5.32 Å². The fourth-order valence-electron chi connectivity index (χ4n) is 4.55. The van der Waals surface area contributed by atoms with Gasteiger partial charge in [-0.25, -0.2) is 0 Å². The Kier molecular flexibility index (Phi) is 5.23. The van der Waals surface area contributed by atoms with Gasteiger partial charge in [0.05, 0.1) is 17.8 Å². The Morgan fingerprint density at radius 1 is 1.15 bits per heavy atom. The minimum absolute atomic E-state index is 0.0908. The predicted molar refractivity (Wildman–Crippen MR) is 117 cm³/mol. The van der Waals surface area contributed by atoms with E-state index in [4.69, 9.17) is 12.2 Å². The molecule has 4 rings (SSSR count). The lowest BCUT2D eigenvalue weighted by molar-refractivity contribution is 0.196. The standard InChI is InChI=1S/C20H25IN4S/c1-12-16(17(21)13(2)23-12)19-18(15-10-6-7-11-22-15)24-20(26)25(19)14-8-4-3-5-9-14/h6-7,10-11,14,18-19,23H,3-5,8-9H2,1-2H3,(H,24,26). The van der Waals surface area contributed by atoms with Gasteiger partial charge in [-0.05, 0) is 73.6 Å². The smallest absolute Gasteiger partial charge is 0.170 e. The molecule has 0 bridgehead atoms. The van der Waals surface area contributed by atoms with Crippen LogP contribution in [0.1, 0.15) is 66.8 Å². The monoisotopic (exact) mass is 480 g/mol. The molecule has 2 aromatic rings. The maximum absolute atomic E-state index is 5.84. The second-order valence-corrected chi connectivity index (χ2v) is 8.89. The maximum Gasteiger partial charge on any atom is 0.170 e. The Morgan fingerprint density at radius 2 is 1.92 bits per heavy atom. The third-order valence-electron chi connectivity index (χ3n) is 5.74. The first kappa shape index (κ1) is 18.2. The molecule has 4 nitrogen and oxygen atoms in total. The van der Waals surface area contributed by atoms with Gasteiger partial charge in [0.25, 0.3) is 0 Å². The van der Waals surface area contributed by atoms with Gasteiger partial charge in [-0.1, -0.05) is 25.3 Å². The highest BCUT2D eigenvalue weighted by Gasteiger charge is 2.45. The second kappa shape index (κ2) is 7.46. The van der Waals surface area contributed by atoms with Gasteiger partial charge in [0.2, 0.25) is 0 Å². The molecule has 2 aromatic heterocycles. The number of aromatic nitrogens is 2. The quantitative estimate of drug-likeness (QED) is 0.483. The van der Waals surface area contributed by atoms with E-state index in [1.54, 1.807) is 0 Å². The van der Waals surface area contributed by atoms with Gasteiger partial charge in [0, 0.05) is 32.8 Å². The summed E-state index contributed by atoms with van der Waals surface area (Å²) >= 11 is 8.33. The van der Waals surface area contributed by atoms with E-state index in [-0.39, 0.29) is 12.1 Å². The number of rotatable bonds is 3. The molecule has 0 amide bonds. The van der Waals surface area contributed by atoms with Crippen molar-refractivity contribution in [3.8, 4) is 0 Å². The van der Waals surface area contributed by atoms with Gasteiger partial charge in [-0.15, -0.1) is 0 Å². The van der Waals surface area contributed by atoms with E-state index < -0.39 is 0 Å². The van der Waals surface area contributed by atoms with E-state index in [9.17, 15) is 0 Å². The van der Waals surface area contributed by atoms with Crippen LogP contribution in [0.5, 0.6) is 0 Å². The zero-order valence-electron chi connectivity index (χ0n) is 15.3. The molecule has 1 aliphatic heterocycles. The van der Waals surface area contributed by atoms with E-state index in [2.05, 4.69) is 68.8 Å². The summed E-state index contributed by atoms with van der Waals surface area (Å²) in [6.45, 7) is 4.33. The first-order valence-corrected chi connectivity index (χ1v) is 10.9. The number of aromatic amines is 1. The third-order valence-corrected chi connectivity index (χ3v) is 7.46. The Morgan fingerprint density at radius 3 is 2.54 bits per heavy atom. The van der Waals surface area contributed by atoms with Gasteiger partial charge >= 0.3 is 0 Å². The number of nitrogens with zero attached hydrogens (tertiary/aromatic N) is 2. The highest BCUT2D eigenvalue weighted by atomic mass is 127. The highest BCUT2D eigenvalue weighted by molar-refractivity contribution is 14.1. The van der Waals surface area contributed by atoms with Crippen molar-refractivity contribution >= 4 is 39.9 Å². The largest absolute Gasteiger partial charge is 0.362 e. The molecule has 1 saturated carbocycles. The van der Waals surface area contributed by atoms with Gasteiger partial charge < -0.3 is 15.2 Å². The topological polar surface area (TPSA) is 44.0 Å². The summed E-state index contributed by atoms with van der Waals surface area (Å²) in [5, 5.41) is 4.49. The van der Waals surface area contributed by atoms with E-state index in [0.29, 0.717) is 6.04 Å². The van der Waals surface area contributed by atoms with Gasteiger partial charge in [-0.3, -0.25) is 4.98 Å². The molecule has 2 atom stereocenters. The van der Waals surface area contributed by atoms with Crippen molar-refractivity contribution in [2.24, 2.45) is 0 Å². The molecule has 2 aliphatic rings. The number of thiocarbonyl (C=S) groups is 1. The first-order chi connectivity index (χ1) is 12.6. The Bertz CT molecular complexity index is 798. The van der Waals surface area contributed by atoms with Crippen LogP contribution in [0.2, 0.25) is 0 Å². The fourth-order valence-corrected chi connectivity index (χ4v) is 5.80. The Balaban J connectivity index is 1.81. The fraction of sp³-hybridized carbons (Fsp3) is 0.500. The number of hydrogen-bond acceptors (Lipinski definition) is 2. The second-order valence-electron chi connectivity index (χ2n) is 7.43. The minimum Gasteiger partial charge on any atom is -0.362 e. The number of hydrogen-bond donors (Lipinski definition) is 2. The van der Waals surface area contributed by atoms with Crippen LogP contribution in [0.15, 0.2) is 24.4 Å². The third kappa shape index (κ3) is 3.15. The van der Waals surface area contributed by atoms with Crippen molar-refractivity contribution in [3.63, 3.8) is 0 Å². The lowest BCUT2D eigenvalue weighted by Crippen LogP contribution is -2.40. The zero-order valence-corrected chi connectivity index (χ0v) is 18.2. The number of nitrogens with one attached hydrogen (secondary N) is 2. The average molecular weight is 480 g/mol. The van der Waals surface area contributed by atoms with Gasteiger partial charge in [0.15, 0.2) is 5.11 Å². The molecule has 138 valence electrons. The SMILES string of the molecule is Cc1[nH]c(C)c(C2C(c3ccccn3)NC(=S)N2C2CCCCC2)c1I. The van der Waals surface area contributed by atoms with E-state index in [1.807, 2.05) is 12.3 Å². The minimum atomic E-state index is 0.0908. The van der Waals surface area contributed by atoms with Crippen LogP contribution in [-0.2, 0) is 0 Å². The lowest BCUT2D eigenvalue weighted by atomic mass is 9.90. The van der Waals surface area contributed by atoms with E-state index in [1.165, 1.54) is 52.6 Å². The van der Waals surface area contributed by atoms with E-state index in [0.717, 1.165) is 10.8 Å². The van der Waals surface area contributed by atoms with Crippen LogP contribution in [-0.4, -0.2) is 26.0 Å². The summed E-state index contributed by atoms with van der Waals surface area (Å²) in [5.74, 6) is 0. The van der Waals surface area contributed by atoms with Crippen LogP contribution in [0.25, 0.3) is 0 Å². The molecular weight excluding hydrogens is 455 g/mol. The molecule has 2 fully saturated rings. The molecule has 2 N–H and O–H groups in total. The summed E-state index contributed by atoms with van der Waals surface area (Å²) in [4.78, 5) is 10.7. The number of aryl methyl sites for hydroxylation is 2. The summed E-state index contributed by atoms with van der Waals surface area (Å²) in [5.41, 5.74) is 4.91. The van der Waals surface area contributed by atoms with Crippen molar-refractivity contribution in [1.29, 1.82) is 0 Å². The van der Waals surface area contributed by atoms with Crippen molar-refractivity contribution < 1.29 is 0 Å². The molecular formula is C20H25IN4S. The van der Waals surface area contributed by atoms with Crippen LogP contribution in [0, 0.1) is 17.4 Å². The summed E-state index contributed by atoms with van der Waals surface area (Å²) in [6, 6.07) is 6.95. The van der Waals surface area contributed by atoms with Crippen molar-refractivity contribution in [2.75, 3.05) is 0 Å². The first-order valence-electron chi connectivity index (χ1n) is 9.42. The van der Waals surface area contributed by atoms with Crippen LogP contribution in [0.4, 0.5) is 0 Å². The normalized spacial score (nSPS) is 24.1. The lowest BCUT2D eigenvalue weighted by Gasteiger charge is -2.37. The molecule has 0 radical (unpaired) electrons. The zero-order chi connectivity index (χ0) is 18.3. The molecule has 26 heavy (non-hydrogen) atoms. The number of H-pyrrole nitrogens is 1. The van der Waals surface area contributed by atoms with E-state index >= 15 is 0 Å². The number of pyridine rings is 1. The van der Waals surface area contributed by atoms with Gasteiger partial charge in [0.1, 0.15) is 0 Å². The molecule has 1 aliphatic carbocycles. The molecule has 6 heteroatoms. The summed E-state index contributed by atoms with van der Waals surface area (Å²) in [7, 11) is 0. The Labute approximate surface area is 174 Å². The van der Waals surface area contributed by atoms with Crippen molar-refractivity contribution in [1.82, 2.24) is 20.2 Å². The predicted octanol–water partition coefficient (Wildman–Crippen LogP) is 4.94. The van der Waals surface area contributed by atoms with Crippen molar-refractivity contribution in [3.05, 3.63) is 50.6 Å². The molecule has 3 heterocycles. The van der Waals surface area contributed by atoms with Crippen LogP contribution in [0.3, 0.4) is 0 Å². The number of halogens is 1.